The lowest BCUT2D eigenvalue weighted by Crippen LogP contribution is -1.85. The van der Waals surface area contributed by atoms with Crippen molar-refractivity contribution >= 4 is 29.7 Å². The Morgan fingerprint density at radius 1 is 1.30 bits per heavy atom. The van der Waals surface area contributed by atoms with Crippen LogP contribution in [0.1, 0.15) is 0 Å². The zero-order valence-electron chi connectivity index (χ0n) is 5.08. The van der Waals surface area contributed by atoms with E-state index in [1.807, 2.05) is 0 Å². The fraction of sp³-hybridized carbons (Fsp3) is 0. The first-order chi connectivity index (χ1) is 4.70. The van der Waals surface area contributed by atoms with Crippen LogP contribution < -0.4 is 5.73 Å². The molecule has 0 saturated heterocycles. The molecule has 10 heavy (non-hydrogen) atoms. The molecule has 1 rings (SSSR count). The average molecular weight is 220 g/mol. The molecule has 54 valence electrons. The molecule has 1 aromatic carbocycles. The Balaban J connectivity index is 3.00. The fourth-order valence-electron chi connectivity index (χ4n) is 0.575. The van der Waals surface area contributed by atoms with Gasteiger partial charge in [0.05, 0.1) is 4.90 Å². The van der Waals surface area contributed by atoms with Crippen LogP contribution in [0.15, 0.2) is 29.2 Å². The summed E-state index contributed by atoms with van der Waals surface area (Å²) in [6.45, 7) is 0. The van der Waals surface area contributed by atoms with Gasteiger partial charge in [-0.15, -0.1) is 0 Å². The maximum atomic E-state index is 10.7. The minimum atomic E-state index is -1.08. The predicted octanol–water partition coefficient (Wildman–Crippen LogP) is 1.69. The molecule has 0 spiro atoms. The molecule has 2 nitrogen and oxygen atoms in total. The van der Waals surface area contributed by atoms with Crippen LogP contribution >= 0.6 is 14.8 Å². The first kappa shape index (κ1) is 7.75. The molecule has 0 aliphatic carbocycles. The highest BCUT2D eigenvalue weighted by molar-refractivity contribution is 9.46. The van der Waals surface area contributed by atoms with E-state index in [4.69, 9.17) is 5.73 Å². The average Bonchev–Trinajstić information content (AvgIpc) is 1.88. The molecular formula is C6H6BrNOS. The number of nitrogen functional groups attached to an aromatic ring is 1. The summed E-state index contributed by atoms with van der Waals surface area (Å²) in [5, 5.41) is 0. The van der Waals surface area contributed by atoms with Crippen molar-refractivity contribution < 1.29 is 4.21 Å². The van der Waals surface area contributed by atoms with Crippen LogP contribution in [0.4, 0.5) is 5.69 Å². The van der Waals surface area contributed by atoms with Crippen molar-refractivity contribution in [2.45, 2.75) is 4.90 Å². The zero-order valence-corrected chi connectivity index (χ0v) is 7.48. The highest BCUT2D eigenvalue weighted by Crippen LogP contribution is 2.13. The largest absolute Gasteiger partial charge is 0.399 e. The molecule has 4 heteroatoms. The van der Waals surface area contributed by atoms with Crippen LogP contribution in [0, 0.1) is 0 Å². The first-order valence-corrected chi connectivity index (χ1v) is 5.63. The van der Waals surface area contributed by atoms with E-state index in [9.17, 15) is 4.21 Å². The summed E-state index contributed by atoms with van der Waals surface area (Å²) in [4.78, 5) is 0.731. The summed E-state index contributed by atoms with van der Waals surface area (Å²) in [6, 6.07) is 6.88. The molecule has 0 heterocycles. The van der Waals surface area contributed by atoms with Gasteiger partial charge in [0, 0.05) is 20.5 Å². The van der Waals surface area contributed by atoms with Crippen molar-refractivity contribution in [2.75, 3.05) is 5.73 Å². The molecule has 0 bridgehead atoms. The number of nitrogens with two attached hydrogens (primary N) is 1. The van der Waals surface area contributed by atoms with Gasteiger partial charge in [-0.05, 0) is 24.3 Å². The Kier molecular flexibility index (Phi) is 2.45. The molecule has 0 aliphatic rings. The molecule has 0 radical (unpaired) electrons. The lowest BCUT2D eigenvalue weighted by molar-refractivity contribution is 0.692. The number of rotatable bonds is 1. The number of hydrogen-bond acceptors (Lipinski definition) is 2. The van der Waals surface area contributed by atoms with Gasteiger partial charge in [-0.2, -0.15) is 0 Å². The first-order valence-electron chi connectivity index (χ1n) is 2.64. The van der Waals surface area contributed by atoms with Gasteiger partial charge in [0.1, 0.15) is 9.23 Å². The van der Waals surface area contributed by atoms with Gasteiger partial charge in [-0.3, -0.25) is 0 Å². The van der Waals surface area contributed by atoms with Crippen molar-refractivity contribution in [3.8, 4) is 0 Å². The maximum absolute atomic E-state index is 10.7. The number of hydrogen-bond donors (Lipinski definition) is 1. The lowest BCUT2D eigenvalue weighted by Gasteiger charge is -1.93. The Hall–Kier alpha value is -0.350. The molecule has 1 atom stereocenters. The zero-order chi connectivity index (χ0) is 7.56. The minimum Gasteiger partial charge on any atom is -0.399 e. The second kappa shape index (κ2) is 3.16. The highest BCUT2D eigenvalue weighted by atomic mass is 79.9. The third-order valence-electron chi connectivity index (χ3n) is 1.07. The lowest BCUT2D eigenvalue weighted by atomic mass is 10.3. The maximum Gasteiger partial charge on any atom is 0.122 e. The van der Waals surface area contributed by atoms with Crippen molar-refractivity contribution in [2.24, 2.45) is 0 Å². The van der Waals surface area contributed by atoms with Crippen LogP contribution in [-0.4, -0.2) is 4.21 Å². The van der Waals surface area contributed by atoms with Gasteiger partial charge >= 0.3 is 0 Å². The molecule has 1 aromatic rings. The summed E-state index contributed by atoms with van der Waals surface area (Å²) in [5.41, 5.74) is 6.09. The van der Waals surface area contributed by atoms with E-state index in [0.717, 1.165) is 4.90 Å². The van der Waals surface area contributed by atoms with E-state index in [1.54, 1.807) is 24.3 Å². The van der Waals surface area contributed by atoms with E-state index < -0.39 is 9.23 Å². The van der Waals surface area contributed by atoms with Crippen LogP contribution in [0.2, 0.25) is 0 Å². The summed E-state index contributed by atoms with van der Waals surface area (Å²) in [5.74, 6) is 0. The third-order valence-corrected chi connectivity index (χ3v) is 2.83. The minimum absolute atomic E-state index is 0.682. The standard InChI is InChI=1S/C6H6BrNOS/c7-10(9)6-3-1-5(8)2-4-6/h1-4H,8H2. The van der Waals surface area contributed by atoms with E-state index in [2.05, 4.69) is 14.8 Å². The Labute approximate surface area is 69.1 Å². The van der Waals surface area contributed by atoms with Crippen LogP contribution in [0.25, 0.3) is 0 Å². The van der Waals surface area contributed by atoms with Gasteiger partial charge in [0.25, 0.3) is 0 Å². The summed E-state index contributed by atoms with van der Waals surface area (Å²) >= 11 is 2.94. The topological polar surface area (TPSA) is 43.1 Å². The van der Waals surface area contributed by atoms with Crippen molar-refractivity contribution in [3.05, 3.63) is 24.3 Å². The third kappa shape index (κ3) is 1.82. The van der Waals surface area contributed by atoms with Crippen molar-refractivity contribution in [3.63, 3.8) is 0 Å². The smallest absolute Gasteiger partial charge is 0.122 e. The molecule has 0 amide bonds. The van der Waals surface area contributed by atoms with E-state index in [0.29, 0.717) is 5.69 Å². The normalized spacial score (nSPS) is 12.9. The number of benzene rings is 1. The Bertz CT molecular complexity index is 246. The van der Waals surface area contributed by atoms with Crippen LogP contribution in [0.3, 0.4) is 0 Å². The van der Waals surface area contributed by atoms with Crippen LogP contribution in [0.5, 0.6) is 0 Å². The SMILES string of the molecule is Nc1ccc(S(=O)Br)cc1. The van der Waals surface area contributed by atoms with Gasteiger partial charge in [-0.1, -0.05) is 0 Å². The molecule has 2 N–H and O–H groups in total. The molecule has 0 fully saturated rings. The van der Waals surface area contributed by atoms with Gasteiger partial charge < -0.3 is 5.73 Å². The van der Waals surface area contributed by atoms with Crippen LogP contribution in [-0.2, 0) is 9.23 Å². The van der Waals surface area contributed by atoms with Gasteiger partial charge in [0.15, 0.2) is 0 Å². The monoisotopic (exact) mass is 219 g/mol. The highest BCUT2D eigenvalue weighted by Gasteiger charge is 1.95. The van der Waals surface area contributed by atoms with Gasteiger partial charge in [-0.25, -0.2) is 4.21 Å². The van der Waals surface area contributed by atoms with E-state index >= 15 is 0 Å². The number of anilines is 1. The second-order valence-corrected chi connectivity index (χ2v) is 4.48. The Morgan fingerprint density at radius 3 is 2.20 bits per heavy atom. The summed E-state index contributed by atoms with van der Waals surface area (Å²) in [7, 11) is -1.08. The van der Waals surface area contributed by atoms with E-state index in [1.165, 1.54) is 0 Å². The Morgan fingerprint density at radius 2 is 1.80 bits per heavy atom. The summed E-state index contributed by atoms with van der Waals surface area (Å²) in [6.07, 6.45) is 0. The molecule has 0 aliphatic heterocycles. The predicted molar refractivity (Wildman–Crippen MR) is 46.2 cm³/mol. The second-order valence-electron chi connectivity index (χ2n) is 1.79. The molecular weight excluding hydrogens is 214 g/mol. The molecule has 0 saturated carbocycles. The molecule has 1 unspecified atom stereocenters. The van der Waals surface area contributed by atoms with Gasteiger partial charge in [0.2, 0.25) is 0 Å². The quantitative estimate of drug-likeness (QED) is 0.578. The van der Waals surface area contributed by atoms with Crippen molar-refractivity contribution in [1.29, 1.82) is 0 Å². The summed E-state index contributed by atoms with van der Waals surface area (Å²) < 4.78 is 10.7. The van der Waals surface area contributed by atoms with Crippen molar-refractivity contribution in [1.82, 2.24) is 0 Å². The van der Waals surface area contributed by atoms with E-state index in [-0.39, 0.29) is 0 Å². The molecule has 0 aromatic heterocycles. The fourth-order valence-corrected chi connectivity index (χ4v) is 1.57. The number of halogens is 1.